The molecule has 1 atom stereocenters. The van der Waals surface area contributed by atoms with E-state index in [-0.39, 0.29) is 5.41 Å². The number of rotatable bonds is 5. The molecule has 1 nitrogen and oxygen atoms in total. The van der Waals surface area contributed by atoms with E-state index in [1.165, 1.54) is 37.0 Å². The Labute approximate surface area is 129 Å². The van der Waals surface area contributed by atoms with E-state index in [9.17, 15) is 0 Å². The smallest absolute Gasteiger partial charge is 0.0471 e. The molecule has 0 amide bonds. The maximum atomic E-state index is 3.81. The van der Waals surface area contributed by atoms with Gasteiger partial charge < -0.3 is 5.32 Å². The maximum Gasteiger partial charge on any atom is 0.0471 e. The summed E-state index contributed by atoms with van der Waals surface area (Å²) in [5.41, 5.74) is 0.769. The number of hydrogen-bond acceptors (Lipinski definition) is 2. The zero-order valence-electron chi connectivity index (χ0n) is 13.9. The molecule has 0 spiro atoms. The fraction of sp³-hybridized carbons (Fsp3) is 0.778. The minimum absolute atomic E-state index is 0.273. The normalized spacial score (nSPS) is 20.2. The molecule has 0 bridgehead atoms. The Balaban J connectivity index is 2.31. The van der Waals surface area contributed by atoms with Gasteiger partial charge in [0.05, 0.1) is 0 Å². The molecule has 0 aliphatic heterocycles. The first-order chi connectivity index (χ1) is 9.43. The lowest BCUT2D eigenvalue weighted by atomic mass is 9.75. The Morgan fingerprint density at radius 3 is 2.30 bits per heavy atom. The Kier molecular flexibility index (Phi) is 4.96. The second-order valence-corrected chi connectivity index (χ2v) is 8.48. The van der Waals surface area contributed by atoms with Gasteiger partial charge in [-0.1, -0.05) is 47.5 Å². The second-order valence-electron chi connectivity index (χ2n) is 7.37. The van der Waals surface area contributed by atoms with Crippen LogP contribution in [0.2, 0.25) is 0 Å². The van der Waals surface area contributed by atoms with E-state index in [1.807, 2.05) is 11.3 Å². The van der Waals surface area contributed by atoms with Gasteiger partial charge in [0.1, 0.15) is 0 Å². The van der Waals surface area contributed by atoms with Gasteiger partial charge in [0.2, 0.25) is 0 Å². The van der Waals surface area contributed by atoms with Crippen LogP contribution in [0, 0.1) is 5.41 Å². The van der Waals surface area contributed by atoms with Crippen LogP contribution in [0.4, 0.5) is 0 Å². The van der Waals surface area contributed by atoms with Crippen LogP contribution < -0.4 is 5.32 Å². The van der Waals surface area contributed by atoms with Crippen LogP contribution in [0.5, 0.6) is 0 Å². The van der Waals surface area contributed by atoms with Gasteiger partial charge in [-0.25, -0.2) is 0 Å². The van der Waals surface area contributed by atoms with Crippen molar-refractivity contribution >= 4 is 11.3 Å². The SMILES string of the molecule is CCNC(c1ccc(C(C)(C)C)s1)C1(CC)CCCC1. The highest BCUT2D eigenvalue weighted by atomic mass is 32.1. The molecule has 114 valence electrons. The molecule has 0 aromatic carbocycles. The largest absolute Gasteiger partial charge is 0.309 e. The average molecular weight is 294 g/mol. The number of hydrogen-bond donors (Lipinski definition) is 1. The molecule has 2 heteroatoms. The highest BCUT2D eigenvalue weighted by Gasteiger charge is 2.40. The van der Waals surface area contributed by atoms with Crippen LogP contribution in [0.25, 0.3) is 0 Å². The molecule has 1 aliphatic rings. The van der Waals surface area contributed by atoms with Gasteiger partial charge in [0.15, 0.2) is 0 Å². The Morgan fingerprint density at radius 1 is 1.20 bits per heavy atom. The molecule has 1 fully saturated rings. The first kappa shape index (κ1) is 16.0. The summed E-state index contributed by atoms with van der Waals surface area (Å²) in [7, 11) is 0. The second kappa shape index (κ2) is 6.19. The van der Waals surface area contributed by atoms with Crippen LogP contribution in [0.15, 0.2) is 12.1 Å². The van der Waals surface area contributed by atoms with Crippen molar-refractivity contribution in [2.75, 3.05) is 6.54 Å². The summed E-state index contributed by atoms with van der Waals surface area (Å²) in [5, 5.41) is 3.81. The van der Waals surface area contributed by atoms with Gasteiger partial charge in [-0.05, 0) is 48.8 Å². The van der Waals surface area contributed by atoms with Crippen LogP contribution in [-0.2, 0) is 5.41 Å². The third kappa shape index (κ3) is 3.12. The third-order valence-electron chi connectivity index (χ3n) is 4.97. The van der Waals surface area contributed by atoms with Crippen molar-refractivity contribution in [3.8, 4) is 0 Å². The van der Waals surface area contributed by atoms with Gasteiger partial charge in [0, 0.05) is 15.8 Å². The first-order valence-electron chi connectivity index (χ1n) is 8.26. The van der Waals surface area contributed by atoms with E-state index in [4.69, 9.17) is 0 Å². The van der Waals surface area contributed by atoms with Crippen molar-refractivity contribution in [2.24, 2.45) is 5.41 Å². The lowest BCUT2D eigenvalue weighted by Crippen LogP contribution is -2.35. The number of nitrogens with one attached hydrogen (secondary N) is 1. The molecule has 1 aromatic rings. The molecular weight excluding hydrogens is 262 g/mol. The molecule has 1 saturated carbocycles. The summed E-state index contributed by atoms with van der Waals surface area (Å²) in [6.07, 6.45) is 6.90. The van der Waals surface area contributed by atoms with Crippen LogP contribution in [0.3, 0.4) is 0 Å². The lowest BCUT2D eigenvalue weighted by Gasteiger charge is -2.37. The van der Waals surface area contributed by atoms with Crippen molar-refractivity contribution in [2.45, 2.75) is 78.2 Å². The Hall–Kier alpha value is -0.340. The minimum atomic E-state index is 0.273. The molecule has 1 aliphatic carbocycles. The van der Waals surface area contributed by atoms with E-state index < -0.39 is 0 Å². The van der Waals surface area contributed by atoms with Crippen LogP contribution in [0.1, 0.15) is 82.5 Å². The van der Waals surface area contributed by atoms with Crippen molar-refractivity contribution in [1.29, 1.82) is 0 Å². The third-order valence-corrected chi connectivity index (χ3v) is 6.55. The van der Waals surface area contributed by atoms with Gasteiger partial charge in [0.25, 0.3) is 0 Å². The van der Waals surface area contributed by atoms with Crippen molar-refractivity contribution in [1.82, 2.24) is 5.32 Å². The zero-order chi connectivity index (χ0) is 14.8. The van der Waals surface area contributed by atoms with E-state index in [1.54, 1.807) is 4.88 Å². The molecular formula is C18H31NS. The van der Waals surface area contributed by atoms with E-state index in [2.05, 4.69) is 52.1 Å². The number of thiophene rings is 1. The molecule has 1 heterocycles. The fourth-order valence-electron chi connectivity index (χ4n) is 3.66. The Bertz CT molecular complexity index is 421. The average Bonchev–Trinajstić information content (AvgIpc) is 3.05. The molecule has 1 unspecified atom stereocenters. The van der Waals surface area contributed by atoms with Gasteiger partial charge in [-0.15, -0.1) is 11.3 Å². The van der Waals surface area contributed by atoms with Crippen LogP contribution >= 0.6 is 11.3 Å². The summed E-state index contributed by atoms with van der Waals surface area (Å²) in [6, 6.07) is 5.29. The minimum Gasteiger partial charge on any atom is -0.309 e. The first-order valence-corrected chi connectivity index (χ1v) is 9.08. The van der Waals surface area contributed by atoms with E-state index >= 15 is 0 Å². The summed E-state index contributed by atoms with van der Waals surface area (Å²) in [6.45, 7) is 12.6. The molecule has 1 aromatic heterocycles. The highest BCUT2D eigenvalue weighted by molar-refractivity contribution is 7.12. The fourth-order valence-corrected chi connectivity index (χ4v) is 4.94. The zero-order valence-corrected chi connectivity index (χ0v) is 14.7. The predicted molar refractivity (Wildman–Crippen MR) is 90.6 cm³/mol. The summed E-state index contributed by atoms with van der Waals surface area (Å²) < 4.78 is 0. The Morgan fingerprint density at radius 2 is 1.85 bits per heavy atom. The summed E-state index contributed by atoms with van der Waals surface area (Å²) >= 11 is 2.03. The topological polar surface area (TPSA) is 12.0 Å². The monoisotopic (exact) mass is 293 g/mol. The molecule has 1 N–H and O–H groups in total. The highest BCUT2D eigenvalue weighted by Crippen LogP contribution is 2.51. The molecule has 0 radical (unpaired) electrons. The lowest BCUT2D eigenvalue weighted by molar-refractivity contribution is 0.192. The molecule has 0 saturated heterocycles. The van der Waals surface area contributed by atoms with E-state index in [0.717, 1.165) is 6.54 Å². The predicted octanol–water partition coefficient (Wildman–Crippen LogP) is 5.67. The van der Waals surface area contributed by atoms with Crippen molar-refractivity contribution < 1.29 is 0 Å². The summed E-state index contributed by atoms with van der Waals surface area (Å²) in [5.74, 6) is 0. The quantitative estimate of drug-likeness (QED) is 0.738. The molecule has 20 heavy (non-hydrogen) atoms. The summed E-state index contributed by atoms with van der Waals surface area (Å²) in [4.78, 5) is 3.07. The van der Waals surface area contributed by atoms with Crippen molar-refractivity contribution in [3.63, 3.8) is 0 Å². The van der Waals surface area contributed by atoms with Crippen molar-refractivity contribution in [3.05, 3.63) is 21.9 Å². The maximum absolute atomic E-state index is 3.81. The van der Waals surface area contributed by atoms with Gasteiger partial charge in [-0.2, -0.15) is 0 Å². The standard InChI is InChI=1S/C18H31NS/c1-6-18(12-8-9-13-18)16(19-7-2)14-10-11-15(20-14)17(3,4)5/h10-11,16,19H,6-9,12-13H2,1-5H3. The molecule has 2 rings (SSSR count). The van der Waals surface area contributed by atoms with Crippen LogP contribution in [-0.4, -0.2) is 6.54 Å². The van der Waals surface area contributed by atoms with Gasteiger partial charge >= 0.3 is 0 Å². The van der Waals surface area contributed by atoms with Gasteiger partial charge in [-0.3, -0.25) is 0 Å². The van der Waals surface area contributed by atoms with E-state index in [0.29, 0.717) is 11.5 Å².